The number of nitrogens with one attached hydrogen (secondary N) is 2. The number of anilines is 1. The first kappa shape index (κ1) is 15.2. The summed E-state index contributed by atoms with van der Waals surface area (Å²) in [5, 5.41) is 5.59. The first-order valence-corrected chi connectivity index (χ1v) is 8.09. The molecule has 114 valence electrons. The molecule has 0 fully saturated rings. The lowest BCUT2D eigenvalue weighted by molar-refractivity contribution is 0.174. The van der Waals surface area contributed by atoms with Crippen LogP contribution in [0.5, 0.6) is 11.5 Å². The molecule has 2 amide bonds. The molecule has 1 aliphatic rings. The summed E-state index contributed by atoms with van der Waals surface area (Å²) in [7, 11) is 0. The van der Waals surface area contributed by atoms with Crippen molar-refractivity contribution in [3.63, 3.8) is 0 Å². The van der Waals surface area contributed by atoms with Crippen molar-refractivity contribution in [2.24, 2.45) is 0 Å². The van der Waals surface area contributed by atoms with Crippen LogP contribution in [0.2, 0.25) is 0 Å². The number of hydrogen-bond donors (Lipinski definition) is 2. The molecule has 0 aliphatic carbocycles. The van der Waals surface area contributed by atoms with Crippen LogP contribution in [0.3, 0.4) is 0 Å². The summed E-state index contributed by atoms with van der Waals surface area (Å²) in [6, 6.07) is 10.9. The maximum atomic E-state index is 12.0. The summed E-state index contributed by atoms with van der Waals surface area (Å²) in [4.78, 5) is 12.0. The summed E-state index contributed by atoms with van der Waals surface area (Å²) >= 11 is 6.77. The van der Waals surface area contributed by atoms with Gasteiger partial charge in [-0.15, -0.1) is 0 Å². The molecule has 2 aromatic rings. The van der Waals surface area contributed by atoms with E-state index < -0.39 is 0 Å². The van der Waals surface area contributed by atoms with Gasteiger partial charge in [0, 0.05) is 15.5 Å². The molecule has 0 radical (unpaired) electrons. The Bertz CT molecular complexity index is 722. The minimum absolute atomic E-state index is 0.240. The molecule has 1 heterocycles. The molecule has 5 nitrogen and oxygen atoms in total. The number of halogens is 2. The topological polar surface area (TPSA) is 59.6 Å². The van der Waals surface area contributed by atoms with E-state index in [1.165, 1.54) is 0 Å². The van der Waals surface area contributed by atoms with E-state index in [4.69, 9.17) is 9.47 Å². The Hall–Kier alpha value is -1.73. The molecule has 22 heavy (non-hydrogen) atoms. The molecule has 0 aromatic heterocycles. The summed E-state index contributed by atoms with van der Waals surface area (Å²) < 4.78 is 12.3. The van der Waals surface area contributed by atoms with E-state index in [-0.39, 0.29) is 12.8 Å². The Morgan fingerprint density at radius 2 is 1.91 bits per heavy atom. The van der Waals surface area contributed by atoms with Gasteiger partial charge in [-0.3, -0.25) is 0 Å². The lowest BCUT2D eigenvalue weighted by Gasteiger charge is -2.10. The molecule has 0 spiro atoms. The van der Waals surface area contributed by atoms with Crippen LogP contribution in [0.1, 0.15) is 5.56 Å². The van der Waals surface area contributed by atoms with E-state index in [1.807, 2.05) is 36.4 Å². The highest BCUT2D eigenvalue weighted by Gasteiger charge is 2.13. The maximum Gasteiger partial charge on any atom is 0.319 e. The number of ether oxygens (including phenoxy) is 2. The number of urea groups is 1. The Kier molecular flexibility index (Phi) is 4.54. The summed E-state index contributed by atoms with van der Waals surface area (Å²) in [5.74, 6) is 1.43. The van der Waals surface area contributed by atoms with Gasteiger partial charge in [-0.25, -0.2) is 4.79 Å². The van der Waals surface area contributed by atoms with Gasteiger partial charge in [-0.2, -0.15) is 0 Å². The number of amides is 2. The van der Waals surface area contributed by atoms with E-state index in [9.17, 15) is 4.79 Å². The largest absolute Gasteiger partial charge is 0.454 e. The van der Waals surface area contributed by atoms with Crippen LogP contribution in [0.4, 0.5) is 10.5 Å². The fourth-order valence-electron chi connectivity index (χ4n) is 1.99. The minimum Gasteiger partial charge on any atom is -0.454 e. The number of fused-ring (bicyclic) bond motifs is 1. The predicted molar refractivity (Wildman–Crippen MR) is 90.3 cm³/mol. The van der Waals surface area contributed by atoms with Gasteiger partial charge in [0.1, 0.15) is 0 Å². The predicted octanol–water partition coefficient (Wildman–Crippen LogP) is 4.26. The van der Waals surface area contributed by atoms with E-state index in [1.54, 1.807) is 0 Å². The van der Waals surface area contributed by atoms with Crippen molar-refractivity contribution < 1.29 is 14.3 Å². The van der Waals surface area contributed by atoms with Crippen molar-refractivity contribution >= 4 is 43.6 Å². The van der Waals surface area contributed by atoms with E-state index in [0.717, 1.165) is 20.3 Å². The number of rotatable bonds is 3. The second-order valence-electron chi connectivity index (χ2n) is 4.62. The third-order valence-electron chi connectivity index (χ3n) is 3.07. The SMILES string of the molecule is O=C(NCc1ccc2c(c1)OCO2)Nc1cc(Br)ccc1Br. The minimum atomic E-state index is -0.281. The third kappa shape index (κ3) is 3.53. The second kappa shape index (κ2) is 6.58. The van der Waals surface area contributed by atoms with Gasteiger partial charge in [0.15, 0.2) is 11.5 Å². The van der Waals surface area contributed by atoms with E-state index in [2.05, 4.69) is 42.5 Å². The molecule has 2 N–H and O–H groups in total. The molecular weight excluding hydrogens is 416 g/mol. The van der Waals surface area contributed by atoms with Crippen LogP contribution in [-0.4, -0.2) is 12.8 Å². The van der Waals surface area contributed by atoms with Crippen LogP contribution in [0, 0.1) is 0 Å². The molecule has 1 aliphatic heterocycles. The molecule has 7 heteroatoms. The maximum absolute atomic E-state index is 12.0. The van der Waals surface area contributed by atoms with Crippen molar-refractivity contribution in [3.8, 4) is 11.5 Å². The fourth-order valence-corrected chi connectivity index (χ4v) is 2.70. The first-order valence-electron chi connectivity index (χ1n) is 6.50. The van der Waals surface area contributed by atoms with Gasteiger partial charge in [-0.1, -0.05) is 22.0 Å². The van der Waals surface area contributed by atoms with Crippen molar-refractivity contribution in [2.45, 2.75) is 6.54 Å². The first-order chi connectivity index (χ1) is 10.6. The number of benzene rings is 2. The molecule has 0 saturated carbocycles. The van der Waals surface area contributed by atoms with Crippen molar-refractivity contribution in [1.82, 2.24) is 5.32 Å². The van der Waals surface area contributed by atoms with Gasteiger partial charge in [0.05, 0.1) is 5.69 Å². The highest BCUT2D eigenvalue weighted by atomic mass is 79.9. The smallest absolute Gasteiger partial charge is 0.319 e. The lowest BCUT2D eigenvalue weighted by atomic mass is 10.2. The standard InChI is InChI=1S/C15H12Br2N2O3/c16-10-2-3-11(17)12(6-10)19-15(20)18-7-9-1-4-13-14(5-9)22-8-21-13/h1-6H,7-8H2,(H2,18,19,20). The summed E-state index contributed by atoms with van der Waals surface area (Å²) in [6.45, 7) is 0.637. The number of carbonyl (C=O) groups excluding carboxylic acids is 1. The fraction of sp³-hybridized carbons (Fsp3) is 0.133. The molecule has 0 saturated heterocycles. The molecular formula is C15H12Br2N2O3. The summed E-state index contributed by atoms with van der Waals surface area (Å²) in [6.07, 6.45) is 0. The summed E-state index contributed by atoms with van der Waals surface area (Å²) in [5.41, 5.74) is 1.63. The quantitative estimate of drug-likeness (QED) is 0.769. The van der Waals surface area contributed by atoms with Crippen LogP contribution in [0.15, 0.2) is 45.3 Å². The van der Waals surface area contributed by atoms with Crippen molar-refractivity contribution in [2.75, 3.05) is 12.1 Å². The second-order valence-corrected chi connectivity index (χ2v) is 6.39. The highest BCUT2D eigenvalue weighted by molar-refractivity contribution is 9.11. The Morgan fingerprint density at radius 3 is 2.77 bits per heavy atom. The van der Waals surface area contributed by atoms with Crippen LogP contribution >= 0.6 is 31.9 Å². The highest BCUT2D eigenvalue weighted by Crippen LogP contribution is 2.32. The third-order valence-corrected chi connectivity index (χ3v) is 4.25. The van der Waals surface area contributed by atoms with Crippen molar-refractivity contribution in [3.05, 3.63) is 50.9 Å². The van der Waals surface area contributed by atoms with Gasteiger partial charge in [-0.05, 0) is 51.8 Å². The average Bonchev–Trinajstić information content (AvgIpc) is 2.96. The zero-order valence-corrected chi connectivity index (χ0v) is 14.5. The molecule has 0 unspecified atom stereocenters. The van der Waals surface area contributed by atoms with Crippen LogP contribution in [0.25, 0.3) is 0 Å². The molecule has 3 rings (SSSR count). The number of hydrogen-bond acceptors (Lipinski definition) is 3. The van der Waals surface area contributed by atoms with Crippen LogP contribution < -0.4 is 20.1 Å². The zero-order chi connectivity index (χ0) is 15.5. The zero-order valence-electron chi connectivity index (χ0n) is 11.4. The normalized spacial score (nSPS) is 12.1. The molecule has 0 atom stereocenters. The lowest BCUT2D eigenvalue weighted by Crippen LogP contribution is -2.28. The van der Waals surface area contributed by atoms with Gasteiger partial charge < -0.3 is 20.1 Å². The molecule has 2 aromatic carbocycles. The van der Waals surface area contributed by atoms with Crippen molar-refractivity contribution in [1.29, 1.82) is 0 Å². The Morgan fingerprint density at radius 1 is 1.09 bits per heavy atom. The molecule has 0 bridgehead atoms. The van der Waals surface area contributed by atoms with Gasteiger partial charge in [0.25, 0.3) is 0 Å². The van der Waals surface area contributed by atoms with Gasteiger partial charge >= 0.3 is 6.03 Å². The average molecular weight is 428 g/mol. The van der Waals surface area contributed by atoms with E-state index in [0.29, 0.717) is 18.0 Å². The van der Waals surface area contributed by atoms with E-state index >= 15 is 0 Å². The monoisotopic (exact) mass is 426 g/mol. The number of carbonyl (C=O) groups is 1. The Balaban J connectivity index is 1.59. The van der Waals surface area contributed by atoms with Crippen LogP contribution in [-0.2, 0) is 6.54 Å². The van der Waals surface area contributed by atoms with Gasteiger partial charge in [0.2, 0.25) is 6.79 Å². The Labute approximate surface area is 144 Å².